The quantitative estimate of drug-likeness (QED) is 0.624. The average Bonchev–Trinajstić information content (AvgIpc) is 3.26. The molecule has 3 heterocycles. The normalized spacial score (nSPS) is 19.3. The molecule has 33 heavy (non-hydrogen) atoms. The third-order valence-electron chi connectivity index (χ3n) is 5.81. The van der Waals surface area contributed by atoms with Crippen LogP contribution in [0.4, 0.5) is 0 Å². The second-order valence-corrected chi connectivity index (χ2v) is 10.3. The zero-order valence-corrected chi connectivity index (χ0v) is 20.0. The second-order valence-electron chi connectivity index (χ2n) is 7.98. The number of benzene rings is 1. The fourth-order valence-corrected chi connectivity index (χ4v) is 5.90. The molecule has 0 bridgehead atoms. The van der Waals surface area contributed by atoms with Crippen LogP contribution in [0.2, 0.25) is 5.02 Å². The van der Waals surface area contributed by atoms with E-state index in [-0.39, 0.29) is 40.5 Å². The number of nitrogens with one attached hydrogen (secondary N) is 1. The SMILES string of the molecule is Cc1ccc(C(CNC(=O)c2ccc(Cl)c(S(=O)(=O)N3CCOCC3)c2)N2CCOCC2)o1. The lowest BCUT2D eigenvalue weighted by atomic mass is 10.1. The summed E-state index contributed by atoms with van der Waals surface area (Å²) in [6.07, 6.45) is 0. The largest absolute Gasteiger partial charge is 0.465 e. The maximum absolute atomic E-state index is 13.1. The second kappa shape index (κ2) is 10.5. The minimum absolute atomic E-state index is 0.0786. The molecule has 0 aliphatic carbocycles. The summed E-state index contributed by atoms with van der Waals surface area (Å²) in [7, 11) is -3.83. The molecule has 2 aliphatic rings. The van der Waals surface area contributed by atoms with E-state index in [4.69, 9.17) is 25.5 Å². The predicted molar refractivity (Wildman–Crippen MR) is 122 cm³/mol. The fraction of sp³-hybridized carbons (Fsp3) is 0.500. The minimum Gasteiger partial charge on any atom is -0.465 e. The van der Waals surface area contributed by atoms with Crippen molar-refractivity contribution in [2.45, 2.75) is 17.9 Å². The maximum Gasteiger partial charge on any atom is 0.251 e. The third kappa shape index (κ3) is 5.59. The Morgan fingerprint density at radius 2 is 1.73 bits per heavy atom. The van der Waals surface area contributed by atoms with Gasteiger partial charge < -0.3 is 19.2 Å². The summed E-state index contributed by atoms with van der Waals surface area (Å²) in [4.78, 5) is 15.1. The van der Waals surface area contributed by atoms with Crippen molar-refractivity contribution in [2.75, 3.05) is 59.2 Å². The molecule has 9 nitrogen and oxygen atoms in total. The summed E-state index contributed by atoms with van der Waals surface area (Å²) in [5.74, 6) is 1.18. The van der Waals surface area contributed by atoms with Gasteiger partial charge in [-0.2, -0.15) is 4.31 Å². The van der Waals surface area contributed by atoms with Crippen LogP contribution in [-0.4, -0.2) is 82.7 Å². The monoisotopic (exact) mass is 497 g/mol. The van der Waals surface area contributed by atoms with Gasteiger partial charge in [-0.3, -0.25) is 9.69 Å². The van der Waals surface area contributed by atoms with E-state index in [1.165, 1.54) is 22.5 Å². The van der Waals surface area contributed by atoms with Crippen molar-refractivity contribution in [3.05, 3.63) is 52.4 Å². The molecule has 1 amide bonds. The van der Waals surface area contributed by atoms with Crippen molar-refractivity contribution in [1.29, 1.82) is 0 Å². The van der Waals surface area contributed by atoms with E-state index < -0.39 is 10.0 Å². The highest BCUT2D eigenvalue weighted by Crippen LogP contribution is 2.27. The van der Waals surface area contributed by atoms with Gasteiger partial charge in [-0.25, -0.2) is 8.42 Å². The Morgan fingerprint density at radius 3 is 2.36 bits per heavy atom. The van der Waals surface area contributed by atoms with Crippen LogP contribution in [-0.2, 0) is 19.5 Å². The summed E-state index contributed by atoms with van der Waals surface area (Å²) >= 11 is 6.22. The molecule has 4 rings (SSSR count). The lowest BCUT2D eigenvalue weighted by Gasteiger charge is -2.33. The Kier molecular flexibility index (Phi) is 7.72. The molecule has 2 fully saturated rings. The van der Waals surface area contributed by atoms with E-state index in [1.807, 2.05) is 19.1 Å². The fourth-order valence-electron chi connectivity index (χ4n) is 3.99. The van der Waals surface area contributed by atoms with Crippen LogP contribution in [0.25, 0.3) is 0 Å². The van der Waals surface area contributed by atoms with Crippen LogP contribution in [0.5, 0.6) is 0 Å². The zero-order valence-electron chi connectivity index (χ0n) is 18.5. The van der Waals surface area contributed by atoms with Crippen LogP contribution in [0.15, 0.2) is 39.6 Å². The van der Waals surface area contributed by atoms with Crippen molar-refractivity contribution < 1.29 is 27.1 Å². The van der Waals surface area contributed by atoms with Gasteiger partial charge in [0.25, 0.3) is 5.91 Å². The number of hydrogen-bond acceptors (Lipinski definition) is 7. The third-order valence-corrected chi connectivity index (χ3v) is 8.19. The molecule has 1 atom stereocenters. The minimum atomic E-state index is -3.83. The summed E-state index contributed by atoms with van der Waals surface area (Å²) < 4.78 is 44.0. The van der Waals surface area contributed by atoms with Gasteiger partial charge in [0.05, 0.1) is 37.5 Å². The predicted octanol–water partition coefficient (Wildman–Crippen LogP) is 2.07. The van der Waals surface area contributed by atoms with Crippen LogP contribution in [0.3, 0.4) is 0 Å². The van der Waals surface area contributed by atoms with Crippen LogP contribution in [0.1, 0.15) is 27.9 Å². The lowest BCUT2D eigenvalue weighted by Crippen LogP contribution is -2.43. The summed E-state index contributed by atoms with van der Waals surface area (Å²) in [5, 5.41) is 3.01. The Hall–Kier alpha value is -1.95. The highest BCUT2D eigenvalue weighted by Gasteiger charge is 2.30. The van der Waals surface area contributed by atoms with Crippen molar-refractivity contribution >= 4 is 27.5 Å². The molecule has 0 saturated carbocycles. The average molecular weight is 498 g/mol. The van der Waals surface area contributed by atoms with Crippen molar-refractivity contribution in [1.82, 2.24) is 14.5 Å². The highest BCUT2D eigenvalue weighted by molar-refractivity contribution is 7.89. The molecule has 11 heteroatoms. The molecular weight excluding hydrogens is 470 g/mol. The summed E-state index contributed by atoms with van der Waals surface area (Å²) in [6.45, 7) is 6.01. The number of sulfonamides is 1. The molecular formula is C22H28ClN3O6S. The number of ether oxygens (including phenoxy) is 2. The van der Waals surface area contributed by atoms with Gasteiger partial charge in [0.1, 0.15) is 16.4 Å². The van der Waals surface area contributed by atoms with E-state index in [1.54, 1.807) is 0 Å². The Balaban J connectivity index is 1.51. The first-order valence-electron chi connectivity index (χ1n) is 10.9. The first-order chi connectivity index (χ1) is 15.9. The van der Waals surface area contributed by atoms with E-state index in [2.05, 4.69) is 10.2 Å². The van der Waals surface area contributed by atoms with Gasteiger partial charge in [-0.15, -0.1) is 0 Å². The number of amides is 1. The van der Waals surface area contributed by atoms with E-state index in [0.717, 1.165) is 24.6 Å². The summed E-state index contributed by atoms with van der Waals surface area (Å²) in [6, 6.07) is 7.96. The van der Waals surface area contributed by atoms with Gasteiger partial charge >= 0.3 is 0 Å². The number of nitrogens with zero attached hydrogens (tertiary/aromatic N) is 2. The number of halogens is 1. The van der Waals surface area contributed by atoms with Gasteiger partial charge in [-0.1, -0.05) is 11.6 Å². The molecule has 180 valence electrons. The molecule has 1 N–H and O–H groups in total. The smallest absolute Gasteiger partial charge is 0.251 e. The number of rotatable bonds is 7. The number of carbonyl (C=O) groups excluding carboxylic acids is 1. The molecule has 1 aromatic carbocycles. The van der Waals surface area contributed by atoms with Crippen LogP contribution < -0.4 is 5.32 Å². The Labute approximate surface area is 198 Å². The highest BCUT2D eigenvalue weighted by atomic mass is 35.5. The van der Waals surface area contributed by atoms with E-state index in [9.17, 15) is 13.2 Å². The number of carbonyl (C=O) groups is 1. The zero-order chi connectivity index (χ0) is 23.4. The number of aryl methyl sites for hydroxylation is 1. The molecule has 0 spiro atoms. The Morgan fingerprint density at radius 1 is 1.06 bits per heavy atom. The number of hydrogen-bond donors (Lipinski definition) is 1. The maximum atomic E-state index is 13.1. The van der Waals surface area contributed by atoms with Gasteiger partial charge in [-0.05, 0) is 37.3 Å². The van der Waals surface area contributed by atoms with Gasteiger partial charge in [0, 0.05) is 38.3 Å². The molecule has 0 radical (unpaired) electrons. The van der Waals surface area contributed by atoms with Gasteiger partial charge in [0.2, 0.25) is 10.0 Å². The first kappa shape index (κ1) is 24.2. The van der Waals surface area contributed by atoms with Gasteiger partial charge in [0.15, 0.2) is 0 Å². The number of furan rings is 1. The lowest BCUT2D eigenvalue weighted by molar-refractivity contribution is 0.0117. The van der Waals surface area contributed by atoms with Crippen LogP contribution in [0, 0.1) is 6.92 Å². The molecule has 2 aliphatic heterocycles. The standard InChI is InChI=1S/C22H28ClN3O6S/c1-16-2-5-20(32-16)19(25-6-10-30-11-7-25)15-24-22(27)17-3-4-18(23)21(14-17)33(28,29)26-8-12-31-13-9-26/h2-5,14,19H,6-13,15H2,1H3,(H,24,27). The molecule has 2 aromatic rings. The molecule has 2 saturated heterocycles. The first-order valence-corrected chi connectivity index (χ1v) is 12.7. The van der Waals surface area contributed by atoms with Crippen molar-refractivity contribution in [3.8, 4) is 0 Å². The topological polar surface area (TPSA) is 101 Å². The van der Waals surface area contributed by atoms with Crippen molar-refractivity contribution in [2.24, 2.45) is 0 Å². The van der Waals surface area contributed by atoms with E-state index >= 15 is 0 Å². The molecule has 1 aromatic heterocycles. The van der Waals surface area contributed by atoms with E-state index in [0.29, 0.717) is 33.0 Å². The van der Waals surface area contributed by atoms with Crippen molar-refractivity contribution in [3.63, 3.8) is 0 Å². The van der Waals surface area contributed by atoms with Crippen LogP contribution >= 0.6 is 11.6 Å². The Bertz CT molecular complexity index is 1080. The summed E-state index contributed by atoms with van der Waals surface area (Å²) in [5.41, 5.74) is 0.225. The molecule has 1 unspecified atom stereocenters. The number of morpholine rings is 2.